The molecule has 1 saturated heterocycles. The van der Waals surface area contributed by atoms with Crippen molar-refractivity contribution >= 4 is 45.9 Å². The summed E-state index contributed by atoms with van der Waals surface area (Å²) in [6, 6.07) is 12.7. The fourth-order valence-corrected chi connectivity index (χ4v) is 4.27. The van der Waals surface area contributed by atoms with E-state index in [9.17, 15) is 9.59 Å². The zero-order valence-corrected chi connectivity index (χ0v) is 17.7. The molecule has 0 aliphatic carbocycles. The van der Waals surface area contributed by atoms with Crippen LogP contribution in [0.5, 0.6) is 11.6 Å². The Hall–Kier alpha value is -3.23. The molecule has 1 amide bonds. The number of fused-ring (bicyclic) bond motifs is 1. The summed E-state index contributed by atoms with van der Waals surface area (Å²) in [5.41, 5.74) is 1.17. The molecule has 4 rings (SSSR count). The lowest BCUT2D eigenvalue weighted by Crippen LogP contribution is -2.28. The predicted octanol–water partition coefficient (Wildman–Crippen LogP) is 4.18. The molecular formula is C22H17N3O3S2. The van der Waals surface area contributed by atoms with E-state index in [4.69, 9.17) is 17.0 Å². The minimum Gasteiger partial charge on any atom is -0.438 e. The van der Waals surface area contributed by atoms with Gasteiger partial charge in [-0.05, 0) is 36.8 Å². The van der Waals surface area contributed by atoms with Crippen molar-refractivity contribution in [2.75, 3.05) is 6.54 Å². The average Bonchev–Trinajstić information content (AvgIpc) is 3.00. The first-order valence-corrected chi connectivity index (χ1v) is 10.3. The highest BCUT2D eigenvalue weighted by molar-refractivity contribution is 8.26. The van der Waals surface area contributed by atoms with Gasteiger partial charge in [0, 0.05) is 12.7 Å². The maximum Gasteiger partial charge on any atom is 0.269 e. The molecule has 1 aliphatic heterocycles. The molecule has 150 valence electrons. The van der Waals surface area contributed by atoms with Gasteiger partial charge >= 0.3 is 0 Å². The number of ether oxygens (including phenoxy) is 1. The monoisotopic (exact) mass is 435 g/mol. The molecule has 0 radical (unpaired) electrons. The van der Waals surface area contributed by atoms with E-state index in [1.807, 2.05) is 31.2 Å². The third kappa shape index (κ3) is 3.67. The van der Waals surface area contributed by atoms with Crippen LogP contribution in [0.3, 0.4) is 0 Å². The third-order valence-electron chi connectivity index (χ3n) is 4.47. The zero-order chi connectivity index (χ0) is 21.3. The van der Waals surface area contributed by atoms with E-state index in [0.717, 1.165) is 17.3 Å². The largest absolute Gasteiger partial charge is 0.438 e. The average molecular weight is 436 g/mol. The number of thioether (sulfide) groups is 1. The van der Waals surface area contributed by atoms with Crippen LogP contribution < -0.4 is 10.3 Å². The van der Waals surface area contributed by atoms with Gasteiger partial charge in [0.25, 0.3) is 11.5 Å². The number of carbonyl (C=O) groups is 1. The number of amides is 1. The lowest BCUT2D eigenvalue weighted by Gasteiger charge is -2.12. The Balaban J connectivity index is 1.89. The van der Waals surface area contributed by atoms with Crippen LogP contribution in [-0.4, -0.2) is 31.1 Å². The number of aryl methyl sites for hydroxylation is 1. The second kappa shape index (κ2) is 8.25. The first-order valence-electron chi connectivity index (χ1n) is 9.10. The van der Waals surface area contributed by atoms with Crippen LogP contribution >= 0.6 is 24.0 Å². The van der Waals surface area contributed by atoms with Crippen LogP contribution in [0.2, 0.25) is 0 Å². The van der Waals surface area contributed by atoms with Crippen LogP contribution in [0.4, 0.5) is 0 Å². The molecule has 0 bridgehead atoms. The number of nitrogens with zero attached hydrogens (tertiary/aromatic N) is 3. The summed E-state index contributed by atoms with van der Waals surface area (Å²) in [6.45, 7) is 5.83. The lowest BCUT2D eigenvalue weighted by atomic mass is 10.2. The summed E-state index contributed by atoms with van der Waals surface area (Å²) in [4.78, 5) is 32.4. The molecular weight excluding hydrogens is 418 g/mol. The molecule has 0 spiro atoms. The van der Waals surface area contributed by atoms with Gasteiger partial charge in [-0.2, -0.15) is 4.98 Å². The number of carbonyl (C=O) groups excluding carboxylic acids is 1. The molecule has 0 N–H and O–H groups in total. The maximum atomic E-state index is 13.3. The van der Waals surface area contributed by atoms with E-state index in [1.165, 1.54) is 15.4 Å². The fourth-order valence-electron chi connectivity index (χ4n) is 3.01. The molecule has 6 nitrogen and oxygen atoms in total. The Morgan fingerprint density at radius 1 is 1.20 bits per heavy atom. The maximum absolute atomic E-state index is 13.3. The van der Waals surface area contributed by atoms with Gasteiger partial charge in [-0.1, -0.05) is 54.3 Å². The van der Waals surface area contributed by atoms with Crippen molar-refractivity contribution in [1.29, 1.82) is 0 Å². The summed E-state index contributed by atoms with van der Waals surface area (Å²) >= 11 is 6.43. The van der Waals surface area contributed by atoms with E-state index in [1.54, 1.807) is 30.5 Å². The van der Waals surface area contributed by atoms with E-state index < -0.39 is 0 Å². The van der Waals surface area contributed by atoms with Crippen molar-refractivity contribution in [2.45, 2.75) is 6.92 Å². The topological polar surface area (TPSA) is 63.9 Å². The van der Waals surface area contributed by atoms with Crippen molar-refractivity contribution in [3.63, 3.8) is 0 Å². The SMILES string of the molecule is C=CCN1C(=O)C(=Cc2c(Oc3ccccc3)nc3c(C)cccn3c2=O)SC1=S. The number of hydrogen-bond donors (Lipinski definition) is 0. The predicted molar refractivity (Wildman–Crippen MR) is 123 cm³/mol. The first kappa shape index (κ1) is 20.1. The zero-order valence-electron chi connectivity index (χ0n) is 16.1. The number of aromatic nitrogens is 2. The molecule has 8 heteroatoms. The molecule has 0 saturated carbocycles. The first-order chi connectivity index (χ1) is 14.5. The minimum atomic E-state index is -0.330. The van der Waals surface area contributed by atoms with Gasteiger partial charge in [0.2, 0.25) is 5.88 Å². The Kier molecular flexibility index (Phi) is 5.52. The lowest BCUT2D eigenvalue weighted by molar-refractivity contribution is -0.121. The standard InChI is InChI=1S/C22H17N3O3S2/c1-3-11-25-21(27)17(30-22(25)29)13-16-19(28-15-9-5-4-6-10-15)23-18-14(2)8-7-12-24(18)20(16)26/h3-10,12-13H,1,11H2,2H3. The Morgan fingerprint density at radius 3 is 2.70 bits per heavy atom. The molecule has 2 aromatic heterocycles. The molecule has 3 aromatic rings. The summed E-state index contributed by atoms with van der Waals surface area (Å²) in [6.07, 6.45) is 4.75. The van der Waals surface area contributed by atoms with Crippen molar-refractivity contribution in [3.8, 4) is 11.6 Å². The second-order valence-corrected chi connectivity index (χ2v) is 8.19. The van der Waals surface area contributed by atoms with Crippen molar-refractivity contribution in [3.05, 3.63) is 87.7 Å². The van der Waals surface area contributed by atoms with Crippen LogP contribution in [0.15, 0.2) is 71.0 Å². The molecule has 3 heterocycles. The van der Waals surface area contributed by atoms with Crippen LogP contribution in [0, 0.1) is 6.92 Å². The van der Waals surface area contributed by atoms with Crippen LogP contribution in [-0.2, 0) is 4.79 Å². The number of benzene rings is 1. The molecule has 1 fully saturated rings. The summed E-state index contributed by atoms with van der Waals surface area (Å²) in [7, 11) is 0. The highest BCUT2D eigenvalue weighted by atomic mass is 32.2. The smallest absolute Gasteiger partial charge is 0.269 e. The Morgan fingerprint density at radius 2 is 1.97 bits per heavy atom. The number of thiocarbonyl (C=S) groups is 1. The summed E-state index contributed by atoms with van der Waals surface area (Å²) in [5, 5.41) is 0. The van der Waals surface area contributed by atoms with Gasteiger partial charge in [0.05, 0.1) is 4.91 Å². The fraction of sp³-hybridized carbons (Fsp3) is 0.0909. The Bertz CT molecular complexity index is 1270. The van der Waals surface area contributed by atoms with Gasteiger partial charge in [0.1, 0.15) is 21.3 Å². The molecule has 0 atom stereocenters. The molecule has 30 heavy (non-hydrogen) atoms. The normalized spacial score (nSPS) is 15.2. The number of para-hydroxylation sites is 1. The van der Waals surface area contributed by atoms with Crippen LogP contribution in [0.25, 0.3) is 11.7 Å². The van der Waals surface area contributed by atoms with Crippen molar-refractivity contribution < 1.29 is 9.53 Å². The summed E-state index contributed by atoms with van der Waals surface area (Å²) in [5.74, 6) is 0.398. The van der Waals surface area contributed by atoms with Gasteiger partial charge in [-0.3, -0.25) is 18.9 Å². The van der Waals surface area contributed by atoms with Crippen LogP contribution in [0.1, 0.15) is 11.1 Å². The second-order valence-electron chi connectivity index (χ2n) is 6.52. The Labute approximate surface area is 182 Å². The van der Waals surface area contributed by atoms with Gasteiger partial charge in [0.15, 0.2) is 0 Å². The van der Waals surface area contributed by atoms with Gasteiger partial charge in [-0.25, -0.2) is 0 Å². The quantitative estimate of drug-likeness (QED) is 0.340. The highest BCUT2D eigenvalue weighted by Crippen LogP contribution is 2.34. The molecule has 1 aliphatic rings. The number of pyridine rings is 1. The molecule has 0 unspecified atom stereocenters. The van der Waals surface area contributed by atoms with E-state index in [2.05, 4.69) is 11.6 Å². The van der Waals surface area contributed by atoms with Gasteiger partial charge < -0.3 is 4.74 Å². The minimum absolute atomic E-state index is 0.134. The molecule has 1 aromatic carbocycles. The summed E-state index contributed by atoms with van der Waals surface area (Å²) < 4.78 is 7.81. The van der Waals surface area contributed by atoms with E-state index in [-0.39, 0.29) is 22.9 Å². The number of rotatable bonds is 5. The van der Waals surface area contributed by atoms with E-state index >= 15 is 0 Å². The van der Waals surface area contributed by atoms with Crippen molar-refractivity contribution in [2.24, 2.45) is 0 Å². The van der Waals surface area contributed by atoms with E-state index in [0.29, 0.717) is 27.2 Å². The number of hydrogen-bond acceptors (Lipinski definition) is 6. The van der Waals surface area contributed by atoms with Crippen molar-refractivity contribution in [1.82, 2.24) is 14.3 Å². The highest BCUT2D eigenvalue weighted by Gasteiger charge is 2.32. The third-order valence-corrected chi connectivity index (χ3v) is 5.85. The van der Waals surface area contributed by atoms with Gasteiger partial charge in [-0.15, -0.1) is 6.58 Å².